The van der Waals surface area contributed by atoms with Gasteiger partial charge >= 0.3 is 0 Å². The Morgan fingerprint density at radius 2 is 1.54 bits per heavy atom. The van der Waals surface area contributed by atoms with Crippen LogP contribution in [0.1, 0.15) is 17.2 Å². The van der Waals surface area contributed by atoms with Crippen molar-refractivity contribution in [1.82, 2.24) is 0 Å². The van der Waals surface area contributed by atoms with E-state index in [1.165, 1.54) is 17.7 Å². The Morgan fingerprint density at radius 1 is 0.885 bits per heavy atom. The maximum Gasteiger partial charge on any atom is 0.161 e. The maximum absolute atomic E-state index is 13.8. The summed E-state index contributed by atoms with van der Waals surface area (Å²) in [5.74, 6) is -1.64. The molecule has 0 spiro atoms. The summed E-state index contributed by atoms with van der Waals surface area (Å²) in [7, 11) is 0. The van der Waals surface area contributed by atoms with Crippen molar-refractivity contribution in [3.8, 4) is 0 Å². The Morgan fingerprint density at radius 3 is 2.27 bits per heavy atom. The van der Waals surface area contributed by atoms with Crippen LogP contribution in [0.2, 0.25) is 0 Å². The van der Waals surface area contributed by atoms with Gasteiger partial charge in [0.25, 0.3) is 0 Å². The van der Waals surface area contributed by atoms with Gasteiger partial charge in [-0.25, -0.2) is 8.78 Å². The summed E-state index contributed by atoms with van der Waals surface area (Å²) < 4.78 is 27.6. The van der Waals surface area contributed by atoms with Crippen molar-refractivity contribution in [3.05, 3.63) is 95.6 Å². The van der Waals surface area contributed by atoms with Crippen LogP contribution in [-0.2, 0) is 6.42 Å². The van der Waals surface area contributed by atoms with Gasteiger partial charge in [0.1, 0.15) is 0 Å². The van der Waals surface area contributed by atoms with Gasteiger partial charge in [-0.3, -0.25) is 0 Å². The molecule has 26 heavy (non-hydrogen) atoms. The summed E-state index contributed by atoms with van der Waals surface area (Å²) in [6, 6.07) is 22.9. The first-order valence-electron chi connectivity index (χ1n) is 8.80. The maximum atomic E-state index is 13.8. The fourth-order valence-corrected chi connectivity index (χ4v) is 3.46. The molecule has 3 aromatic rings. The second-order valence-corrected chi connectivity index (χ2v) is 6.57. The summed E-state index contributed by atoms with van der Waals surface area (Å²) in [4.78, 5) is 2.14. The molecule has 4 rings (SSSR count). The number of hydrogen-bond donors (Lipinski definition) is 1. The molecule has 1 aliphatic rings. The number of anilines is 2. The summed E-state index contributed by atoms with van der Waals surface area (Å²) >= 11 is 0. The predicted molar refractivity (Wildman–Crippen MR) is 102 cm³/mol. The molecule has 0 bridgehead atoms. The van der Waals surface area contributed by atoms with Crippen LogP contribution in [0, 0.1) is 11.6 Å². The number of fused-ring (bicyclic) bond motifs is 1. The van der Waals surface area contributed by atoms with E-state index >= 15 is 0 Å². The van der Waals surface area contributed by atoms with Crippen molar-refractivity contribution >= 4 is 11.4 Å². The third kappa shape index (κ3) is 3.40. The van der Waals surface area contributed by atoms with Crippen molar-refractivity contribution in [3.63, 3.8) is 0 Å². The summed E-state index contributed by atoms with van der Waals surface area (Å²) in [6.07, 6.45) is 0.848. The van der Waals surface area contributed by atoms with E-state index in [1.54, 1.807) is 0 Å². The van der Waals surface area contributed by atoms with Gasteiger partial charge in [0.05, 0.1) is 17.4 Å². The van der Waals surface area contributed by atoms with Crippen molar-refractivity contribution in [2.24, 2.45) is 0 Å². The lowest BCUT2D eigenvalue weighted by molar-refractivity contribution is 0.507. The highest BCUT2D eigenvalue weighted by Gasteiger charge is 2.26. The minimum atomic E-state index is -0.826. The number of rotatable bonds is 4. The molecule has 0 fully saturated rings. The molecule has 0 saturated carbocycles. The van der Waals surface area contributed by atoms with Crippen LogP contribution in [0.15, 0.2) is 72.8 Å². The average Bonchev–Trinajstić information content (AvgIpc) is 2.68. The van der Waals surface area contributed by atoms with E-state index in [0.29, 0.717) is 17.9 Å². The molecule has 0 amide bonds. The molecule has 2 nitrogen and oxygen atoms in total. The highest BCUT2D eigenvalue weighted by molar-refractivity contribution is 5.73. The minimum absolute atomic E-state index is 0.0318. The quantitative estimate of drug-likeness (QED) is 0.697. The topological polar surface area (TPSA) is 15.3 Å². The van der Waals surface area contributed by atoms with Gasteiger partial charge in [-0.05, 0) is 17.5 Å². The van der Waals surface area contributed by atoms with Gasteiger partial charge in [-0.2, -0.15) is 0 Å². The third-order valence-electron chi connectivity index (χ3n) is 4.83. The Kier molecular flexibility index (Phi) is 4.57. The van der Waals surface area contributed by atoms with Crippen LogP contribution < -0.4 is 10.2 Å². The molecule has 1 N–H and O–H groups in total. The molecule has 1 atom stereocenters. The van der Waals surface area contributed by atoms with Crippen molar-refractivity contribution in [2.45, 2.75) is 12.5 Å². The number of nitrogens with zero attached hydrogens (tertiary/aromatic N) is 1. The molecule has 0 radical (unpaired) electrons. The summed E-state index contributed by atoms with van der Waals surface area (Å²) in [6.45, 7) is 1.45. The fraction of sp³-hybridized carbons (Fsp3) is 0.182. The normalized spacial score (nSPS) is 16.1. The first-order chi connectivity index (χ1) is 12.7. The Bertz CT molecular complexity index is 881. The first kappa shape index (κ1) is 16.6. The van der Waals surface area contributed by atoms with Gasteiger partial charge in [0.2, 0.25) is 0 Å². The minimum Gasteiger partial charge on any atom is -0.375 e. The van der Waals surface area contributed by atoms with Gasteiger partial charge in [0.15, 0.2) is 11.6 Å². The molecule has 1 unspecified atom stereocenters. The number of nitrogens with one attached hydrogen (secondary N) is 1. The largest absolute Gasteiger partial charge is 0.375 e. The Labute approximate surface area is 152 Å². The number of benzene rings is 3. The van der Waals surface area contributed by atoms with E-state index in [2.05, 4.69) is 34.5 Å². The Balaban J connectivity index is 1.63. The van der Waals surface area contributed by atoms with E-state index < -0.39 is 11.6 Å². The molecule has 1 aliphatic heterocycles. The van der Waals surface area contributed by atoms with Crippen LogP contribution in [0.25, 0.3) is 0 Å². The van der Waals surface area contributed by atoms with Crippen molar-refractivity contribution < 1.29 is 8.78 Å². The zero-order chi connectivity index (χ0) is 17.9. The predicted octanol–water partition coefficient (Wildman–Crippen LogP) is 5.18. The van der Waals surface area contributed by atoms with Crippen LogP contribution in [0.3, 0.4) is 0 Å². The number of hydrogen-bond acceptors (Lipinski definition) is 2. The lowest BCUT2D eigenvalue weighted by atomic mass is 10.0. The molecule has 1 heterocycles. The van der Waals surface area contributed by atoms with Crippen molar-refractivity contribution in [2.75, 3.05) is 23.3 Å². The van der Waals surface area contributed by atoms with E-state index in [-0.39, 0.29) is 6.04 Å². The molecule has 3 aromatic carbocycles. The van der Waals surface area contributed by atoms with Gasteiger partial charge in [-0.15, -0.1) is 0 Å². The smallest absolute Gasteiger partial charge is 0.161 e. The van der Waals surface area contributed by atoms with E-state index in [0.717, 1.165) is 18.5 Å². The van der Waals surface area contributed by atoms with Crippen LogP contribution in [0.5, 0.6) is 0 Å². The monoisotopic (exact) mass is 350 g/mol. The average molecular weight is 350 g/mol. The first-order valence-corrected chi connectivity index (χ1v) is 8.80. The molecule has 0 saturated heterocycles. The molecule has 0 aliphatic carbocycles. The zero-order valence-corrected chi connectivity index (χ0v) is 14.3. The highest BCUT2D eigenvalue weighted by Crippen LogP contribution is 2.37. The Hall–Kier alpha value is -2.88. The number of halogens is 2. The summed E-state index contributed by atoms with van der Waals surface area (Å²) in [5.41, 5.74) is 3.71. The molecule has 4 heteroatoms. The fourth-order valence-electron chi connectivity index (χ4n) is 3.46. The third-order valence-corrected chi connectivity index (χ3v) is 4.83. The van der Waals surface area contributed by atoms with E-state index in [1.807, 2.05) is 36.4 Å². The SMILES string of the molecule is Fc1cc2c(cc1F)N(CCc1ccccc1)CC(c1ccccc1)N2. The molecule has 132 valence electrons. The lowest BCUT2D eigenvalue weighted by Gasteiger charge is -2.37. The standard InChI is InChI=1S/C22H20F2N2/c23-18-13-20-22(14-19(18)24)26(12-11-16-7-3-1-4-8-16)15-21(25-20)17-9-5-2-6-10-17/h1-10,13-14,21,25H,11-12,15H2. The molecular formula is C22H20F2N2. The summed E-state index contributed by atoms with van der Waals surface area (Å²) in [5, 5.41) is 3.36. The molecule has 0 aromatic heterocycles. The zero-order valence-electron chi connectivity index (χ0n) is 14.3. The highest BCUT2D eigenvalue weighted by atomic mass is 19.2. The van der Waals surface area contributed by atoms with Crippen LogP contribution in [-0.4, -0.2) is 13.1 Å². The van der Waals surface area contributed by atoms with Gasteiger partial charge in [-0.1, -0.05) is 60.7 Å². The van der Waals surface area contributed by atoms with Crippen LogP contribution in [0.4, 0.5) is 20.2 Å². The second kappa shape index (κ2) is 7.16. The second-order valence-electron chi connectivity index (χ2n) is 6.57. The van der Waals surface area contributed by atoms with E-state index in [9.17, 15) is 8.78 Å². The molecular weight excluding hydrogens is 330 g/mol. The lowest BCUT2D eigenvalue weighted by Crippen LogP contribution is -2.38. The van der Waals surface area contributed by atoms with Gasteiger partial charge < -0.3 is 10.2 Å². The van der Waals surface area contributed by atoms with Gasteiger partial charge in [0, 0.05) is 25.2 Å². The van der Waals surface area contributed by atoms with E-state index in [4.69, 9.17) is 0 Å². The van der Waals surface area contributed by atoms with Crippen LogP contribution >= 0.6 is 0 Å². The van der Waals surface area contributed by atoms with Crippen molar-refractivity contribution in [1.29, 1.82) is 0 Å².